The Kier molecular flexibility index (Phi) is 2.66. The van der Waals surface area contributed by atoms with E-state index in [1.54, 1.807) is 6.92 Å². The highest BCUT2D eigenvalue weighted by molar-refractivity contribution is 5.81. The van der Waals surface area contributed by atoms with Crippen LogP contribution in [-0.2, 0) is 4.79 Å². The molecule has 1 aliphatic carbocycles. The summed E-state index contributed by atoms with van der Waals surface area (Å²) in [7, 11) is 0. The van der Waals surface area contributed by atoms with Crippen molar-refractivity contribution in [1.82, 2.24) is 4.90 Å². The summed E-state index contributed by atoms with van der Waals surface area (Å²) in [4.78, 5) is 13.3. The van der Waals surface area contributed by atoms with E-state index in [0.29, 0.717) is 11.8 Å². The SMILES string of the molecule is CCN(C1CC1)[C@H](C)C(C)=O. The van der Waals surface area contributed by atoms with Gasteiger partial charge in [0.25, 0.3) is 0 Å². The Morgan fingerprint density at radius 2 is 2.18 bits per heavy atom. The minimum absolute atomic E-state index is 0.132. The number of Topliss-reactive ketones (excluding diaryl/α,β-unsaturated/α-hetero) is 1. The molecule has 0 saturated heterocycles. The Morgan fingerprint density at radius 3 is 2.45 bits per heavy atom. The predicted octanol–water partition coefficient (Wildman–Crippen LogP) is 1.45. The molecular formula is C9H17NO. The van der Waals surface area contributed by atoms with Crippen molar-refractivity contribution < 1.29 is 4.79 Å². The topological polar surface area (TPSA) is 20.3 Å². The number of likely N-dealkylation sites (N-methyl/N-ethyl adjacent to an activating group) is 1. The Bertz CT molecular complexity index is 152. The summed E-state index contributed by atoms with van der Waals surface area (Å²) in [5, 5.41) is 0. The van der Waals surface area contributed by atoms with Gasteiger partial charge in [0.15, 0.2) is 0 Å². The number of ketones is 1. The largest absolute Gasteiger partial charge is 0.298 e. The second-order valence-electron chi connectivity index (χ2n) is 3.35. The lowest BCUT2D eigenvalue weighted by Crippen LogP contribution is -2.39. The molecule has 1 aliphatic rings. The molecule has 0 aromatic carbocycles. The van der Waals surface area contributed by atoms with Crippen molar-refractivity contribution >= 4 is 5.78 Å². The zero-order valence-corrected chi connectivity index (χ0v) is 7.63. The standard InChI is InChI=1S/C9H17NO/c1-4-10(9-5-6-9)7(2)8(3)11/h7,9H,4-6H2,1-3H3/t7-/m1/s1. The number of carbonyl (C=O) groups is 1. The maximum atomic E-state index is 11.0. The molecule has 0 bridgehead atoms. The van der Waals surface area contributed by atoms with E-state index in [9.17, 15) is 4.79 Å². The molecule has 0 N–H and O–H groups in total. The maximum Gasteiger partial charge on any atom is 0.146 e. The molecule has 0 radical (unpaired) electrons. The molecule has 1 rings (SSSR count). The zero-order valence-electron chi connectivity index (χ0n) is 7.63. The van der Waals surface area contributed by atoms with Crippen LogP contribution in [0.4, 0.5) is 0 Å². The molecule has 0 heterocycles. The fourth-order valence-electron chi connectivity index (χ4n) is 1.49. The van der Waals surface area contributed by atoms with Crippen LogP contribution in [-0.4, -0.2) is 29.3 Å². The average molecular weight is 155 g/mol. The minimum atomic E-state index is 0.132. The highest BCUT2D eigenvalue weighted by Crippen LogP contribution is 2.28. The van der Waals surface area contributed by atoms with Crippen molar-refractivity contribution in [2.24, 2.45) is 0 Å². The Hall–Kier alpha value is -0.370. The number of hydrogen-bond donors (Lipinski definition) is 0. The van der Waals surface area contributed by atoms with Gasteiger partial charge >= 0.3 is 0 Å². The van der Waals surface area contributed by atoms with Crippen LogP contribution < -0.4 is 0 Å². The second-order valence-corrected chi connectivity index (χ2v) is 3.35. The van der Waals surface area contributed by atoms with Crippen molar-refractivity contribution in [2.75, 3.05) is 6.54 Å². The molecule has 0 spiro atoms. The lowest BCUT2D eigenvalue weighted by molar-refractivity contribution is -0.121. The first kappa shape index (κ1) is 8.72. The van der Waals surface area contributed by atoms with E-state index in [-0.39, 0.29) is 6.04 Å². The van der Waals surface area contributed by atoms with E-state index in [1.165, 1.54) is 12.8 Å². The third-order valence-corrected chi connectivity index (χ3v) is 2.47. The van der Waals surface area contributed by atoms with Gasteiger partial charge in [0.2, 0.25) is 0 Å². The summed E-state index contributed by atoms with van der Waals surface area (Å²) in [5.74, 6) is 0.291. The van der Waals surface area contributed by atoms with Crippen LogP contribution >= 0.6 is 0 Å². The molecule has 0 amide bonds. The summed E-state index contributed by atoms with van der Waals surface area (Å²) in [5.41, 5.74) is 0. The third kappa shape index (κ3) is 2.03. The average Bonchev–Trinajstić information content (AvgIpc) is 2.72. The van der Waals surface area contributed by atoms with Gasteiger partial charge in [-0.3, -0.25) is 9.69 Å². The Labute approximate surface area is 68.6 Å². The van der Waals surface area contributed by atoms with E-state index >= 15 is 0 Å². The number of rotatable bonds is 4. The van der Waals surface area contributed by atoms with E-state index in [1.807, 2.05) is 6.92 Å². The van der Waals surface area contributed by atoms with Crippen LogP contribution in [0, 0.1) is 0 Å². The first-order chi connectivity index (χ1) is 5.16. The second kappa shape index (κ2) is 3.35. The molecule has 0 unspecified atom stereocenters. The molecule has 0 aromatic rings. The number of carbonyl (C=O) groups excluding carboxylic acids is 1. The van der Waals surface area contributed by atoms with Crippen LogP contribution in [0.25, 0.3) is 0 Å². The van der Waals surface area contributed by atoms with E-state index < -0.39 is 0 Å². The van der Waals surface area contributed by atoms with Crippen molar-refractivity contribution in [2.45, 2.75) is 45.7 Å². The first-order valence-electron chi connectivity index (χ1n) is 4.43. The van der Waals surface area contributed by atoms with Crippen LogP contribution in [0.1, 0.15) is 33.6 Å². The molecule has 2 heteroatoms. The summed E-state index contributed by atoms with van der Waals surface area (Å²) in [6.07, 6.45) is 2.57. The highest BCUT2D eigenvalue weighted by Gasteiger charge is 2.32. The predicted molar refractivity (Wildman–Crippen MR) is 45.5 cm³/mol. The highest BCUT2D eigenvalue weighted by atomic mass is 16.1. The fraction of sp³-hybridized carbons (Fsp3) is 0.889. The molecule has 11 heavy (non-hydrogen) atoms. The molecule has 0 aliphatic heterocycles. The quantitative estimate of drug-likeness (QED) is 0.612. The number of nitrogens with zero attached hydrogens (tertiary/aromatic N) is 1. The maximum absolute atomic E-state index is 11.0. The molecule has 0 aromatic heterocycles. The van der Waals surface area contributed by atoms with Gasteiger partial charge in [0.1, 0.15) is 5.78 Å². The lowest BCUT2D eigenvalue weighted by Gasteiger charge is -2.25. The molecular weight excluding hydrogens is 138 g/mol. The molecule has 1 atom stereocenters. The minimum Gasteiger partial charge on any atom is -0.298 e. The van der Waals surface area contributed by atoms with Crippen molar-refractivity contribution in [3.05, 3.63) is 0 Å². The molecule has 2 nitrogen and oxygen atoms in total. The van der Waals surface area contributed by atoms with Crippen molar-refractivity contribution in [3.63, 3.8) is 0 Å². The van der Waals surface area contributed by atoms with Gasteiger partial charge in [0, 0.05) is 6.04 Å². The molecule has 1 fully saturated rings. The van der Waals surface area contributed by atoms with Gasteiger partial charge in [-0.15, -0.1) is 0 Å². The molecule has 1 saturated carbocycles. The van der Waals surface area contributed by atoms with Gasteiger partial charge in [-0.1, -0.05) is 6.92 Å². The van der Waals surface area contributed by atoms with Crippen LogP contribution in [0.15, 0.2) is 0 Å². The first-order valence-corrected chi connectivity index (χ1v) is 4.43. The third-order valence-electron chi connectivity index (χ3n) is 2.47. The van der Waals surface area contributed by atoms with Gasteiger partial charge in [-0.2, -0.15) is 0 Å². The summed E-state index contributed by atoms with van der Waals surface area (Å²) < 4.78 is 0. The Morgan fingerprint density at radius 1 is 1.64 bits per heavy atom. The van der Waals surface area contributed by atoms with Gasteiger partial charge in [-0.05, 0) is 33.2 Å². The van der Waals surface area contributed by atoms with Crippen LogP contribution in [0.2, 0.25) is 0 Å². The Balaban J connectivity index is 2.45. The van der Waals surface area contributed by atoms with Gasteiger partial charge in [-0.25, -0.2) is 0 Å². The van der Waals surface area contributed by atoms with Crippen LogP contribution in [0.5, 0.6) is 0 Å². The van der Waals surface area contributed by atoms with Gasteiger partial charge in [0.05, 0.1) is 6.04 Å². The van der Waals surface area contributed by atoms with Crippen molar-refractivity contribution in [1.29, 1.82) is 0 Å². The fourth-order valence-corrected chi connectivity index (χ4v) is 1.49. The van der Waals surface area contributed by atoms with Crippen LogP contribution in [0.3, 0.4) is 0 Å². The summed E-state index contributed by atoms with van der Waals surface area (Å²) in [6, 6.07) is 0.839. The zero-order chi connectivity index (χ0) is 8.43. The monoisotopic (exact) mass is 155 g/mol. The van der Waals surface area contributed by atoms with Gasteiger partial charge < -0.3 is 0 Å². The van der Waals surface area contributed by atoms with E-state index in [4.69, 9.17) is 0 Å². The summed E-state index contributed by atoms with van der Waals surface area (Å²) in [6.45, 7) is 6.81. The molecule has 64 valence electrons. The van der Waals surface area contributed by atoms with E-state index in [0.717, 1.165) is 6.54 Å². The number of hydrogen-bond acceptors (Lipinski definition) is 2. The normalized spacial score (nSPS) is 20.4. The summed E-state index contributed by atoms with van der Waals surface area (Å²) >= 11 is 0. The van der Waals surface area contributed by atoms with Crippen molar-refractivity contribution in [3.8, 4) is 0 Å². The van der Waals surface area contributed by atoms with E-state index in [2.05, 4.69) is 11.8 Å². The lowest BCUT2D eigenvalue weighted by atomic mass is 10.2. The smallest absolute Gasteiger partial charge is 0.146 e.